The van der Waals surface area contributed by atoms with Gasteiger partial charge in [-0.15, -0.1) is 10.2 Å². The summed E-state index contributed by atoms with van der Waals surface area (Å²) in [6.45, 7) is 5.35. The topological polar surface area (TPSA) is 86.1 Å². The number of carbonyl (C=O) groups is 2. The molecule has 1 unspecified atom stereocenters. The summed E-state index contributed by atoms with van der Waals surface area (Å²) >= 11 is 5.91. The van der Waals surface area contributed by atoms with Crippen LogP contribution in [0, 0.1) is 0 Å². The van der Waals surface area contributed by atoms with Crippen LogP contribution in [-0.4, -0.2) is 36.5 Å². The molecule has 0 aliphatic heterocycles. The van der Waals surface area contributed by atoms with Crippen molar-refractivity contribution in [3.8, 4) is 11.4 Å². The maximum absolute atomic E-state index is 12.8. The average Bonchev–Trinajstić information content (AvgIpc) is 3.30. The normalized spacial score (nSPS) is 12.4. The van der Waals surface area contributed by atoms with Crippen molar-refractivity contribution in [2.45, 2.75) is 35.7 Å². The first-order chi connectivity index (χ1) is 13.7. The van der Waals surface area contributed by atoms with Crippen molar-refractivity contribution in [2.75, 3.05) is 5.32 Å². The number of hydrogen-bond donors (Lipinski definition) is 1. The zero-order valence-electron chi connectivity index (χ0n) is 16.0. The Balaban J connectivity index is 1.84. The van der Waals surface area contributed by atoms with E-state index in [2.05, 4.69) is 31.4 Å². The number of thioether (sulfide) groups is 1. The van der Waals surface area contributed by atoms with Crippen molar-refractivity contribution >= 4 is 56.7 Å². The lowest BCUT2D eigenvalue weighted by atomic mass is 10.2. The van der Waals surface area contributed by atoms with Crippen LogP contribution in [-0.2, 0) is 9.53 Å². The number of amides is 1. The largest absolute Gasteiger partial charge is 0.443 e. The molecule has 0 fully saturated rings. The number of aromatic nitrogens is 3. The van der Waals surface area contributed by atoms with Crippen molar-refractivity contribution in [2.24, 2.45) is 0 Å². The van der Waals surface area contributed by atoms with Gasteiger partial charge in [0, 0.05) is 16.6 Å². The highest BCUT2D eigenvalue weighted by atomic mass is 79.9. The van der Waals surface area contributed by atoms with Gasteiger partial charge in [0.05, 0.1) is 0 Å². The molecule has 0 bridgehead atoms. The summed E-state index contributed by atoms with van der Waals surface area (Å²) < 4.78 is 6.12. The SMILES string of the molecule is CC(C)(C)OC(=O)n1c(SC(Br)C(=O)Nc2ccccc2)nnc1-c1ccsc1. The fourth-order valence-corrected chi connectivity index (χ4v) is 4.22. The van der Waals surface area contributed by atoms with Gasteiger partial charge in [-0.1, -0.05) is 45.9 Å². The second kappa shape index (κ2) is 9.10. The summed E-state index contributed by atoms with van der Waals surface area (Å²) in [6.07, 6.45) is -0.602. The molecule has 0 radical (unpaired) electrons. The summed E-state index contributed by atoms with van der Waals surface area (Å²) in [5, 5.41) is 15.1. The van der Waals surface area contributed by atoms with E-state index in [9.17, 15) is 9.59 Å². The van der Waals surface area contributed by atoms with Gasteiger partial charge >= 0.3 is 6.09 Å². The quantitative estimate of drug-likeness (QED) is 0.385. The third-order valence-corrected chi connectivity index (χ3v) is 6.00. The number of halogens is 1. The molecular formula is C19H19BrN4O3S2. The molecule has 2 heterocycles. The molecule has 7 nitrogen and oxygen atoms in total. The number of para-hydroxylation sites is 1. The second-order valence-corrected chi connectivity index (χ2v) is 10.3. The lowest BCUT2D eigenvalue weighted by Gasteiger charge is -2.20. The minimum absolute atomic E-state index is 0.255. The molecule has 1 aromatic carbocycles. The van der Waals surface area contributed by atoms with Crippen molar-refractivity contribution in [3.05, 3.63) is 47.2 Å². The van der Waals surface area contributed by atoms with E-state index in [0.29, 0.717) is 11.5 Å². The van der Waals surface area contributed by atoms with Crippen LogP contribution >= 0.6 is 39.0 Å². The first kappa shape index (κ1) is 21.5. The average molecular weight is 495 g/mol. The van der Waals surface area contributed by atoms with E-state index in [1.54, 1.807) is 32.9 Å². The lowest BCUT2D eigenvalue weighted by Crippen LogP contribution is -2.28. The van der Waals surface area contributed by atoms with E-state index < -0.39 is 15.9 Å². The minimum atomic E-state index is -0.691. The number of thiophene rings is 1. The van der Waals surface area contributed by atoms with Gasteiger partial charge in [0.1, 0.15) is 9.76 Å². The van der Waals surface area contributed by atoms with Crippen LogP contribution in [0.25, 0.3) is 11.4 Å². The minimum Gasteiger partial charge on any atom is -0.443 e. The predicted molar refractivity (Wildman–Crippen MR) is 119 cm³/mol. The molecule has 10 heteroatoms. The standard InChI is InChI=1S/C19H19BrN4O3S2/c1-19(2,3)27-18(26)24-15(12-9-10-28-11-12)22-23-17(24)29-14(20)16(25)21-13-7-5-4-6-8-13/h4-11,14H,1-3H3,(H,21,25). The van der Waals surface area contributed by atoms with Crippen molar-refractivity contribution < 1.29 is 14.3 Å². The zero-order valence-corrected chi connectivity index (χ0v) is 19.2. The molecule has 0 aliphatic rings. The molecule has 0 spiro atoms. The van der Waals surface area contributed by atoms with Gasteiger partial charge in [0.15, 0.2) is 5.82 Å². The van der Waals surface area contributed by atoms with Crippen LogP contribution in [0.15, 0.2) is 52.3 Å². The van der Waals surface area contributed by atoms with E-state index in [4.69, 9.17) is 4.74 Å². The molecule has 0 aliphatic carbocycles. The molecule has 3 rings (SSSR count). The Bertz CT molecular complexity index is 985. The Morgan fingerprint density at radius 2 is 1.93 bits per heavy atom. The van der Waals surface area contributed by atoms with Gasteiger partial charge in [0.2, 0.25) is 11.1 Å². The molecule has 1 amide bonds. The van der Waals surface area contributed by atoms with Gasteiger partial charge in [-0.25, -0.2) is 9.36 Å². The van der Waals surface area contributed by atoms with Crippen LogP contribution in [0.5, 0.6) is 0 Å². The molecular weight excluding hydrogens is 476 g/mol. The second-order valence-electron chi connectivity index (χ2n) is 6.92. The number of ether oxygens (including phenoxy) is 1. The van der Waals surface area contributed by atoms with E-state index in [-0.39, 0.29) is 11.1 Å². The molecule has 152 valence electrons. The Morgan fingerprint density at radius 3 is 2.55 bits per heavy atom. The molecule has 1 N–H and O–H groups in total. The molecule has 3 aromatic rings. The van der Waals surface area contributed by atoms with Crippen LogP contribution in [0.2, 0.25) is 0 Å². The summed E-state index contributed by atoms with van der Waals surface area (Å²) in [6, 6.07) is 11.0. The lowest BCUT2D eigenvalue weighted by molar-refractivity contribution is -0.114. The van der Waals surface area contributed by atoms with Crippen molar-refractivity contribution in [3.63, 3.8) is 0 Å². The number of nitrogens with zero attached hydrogens (tertiary/aromatic N) is 3. The fraction of sp³-hybridized carbons (Fsp3) is 0.263. The van der Waals surface area contributed by atoms with Crippen LogP contribution in [0.1, 0.15) is 20.8 Å². The summed E-state index contributed by atoms with van der Waals surface area (Å²) in [7, 11) is 0. The van der Waals surface area contributed by atoms with Crippen molar-refractivity contribution in [1.29, 1.82) is 0 Å². The predicted octanol–water partition coefficient (Wildman–Crippen LogP) is 5.24. The summed E-state index contributed by atoms with van der Waals surface area (Å²) in [4.78, 5) is 25.3. The van der Waals surface area contributed by atoms with E-state index in [1.807, 2.05) is 35.0 Å². The van der Waals surface area contributed by atoms with Crippen LogP contribution in [0.3, 0.4) is 0 Å². The maximum Gasteiger partial charge on any atom is 0.422 e. The summed E-state index contributed by atoms with van der Waals surface area (Å²) in [5.41, 5.74) is 0.739. The van der Waals surface area contributed by atoms with Gasteiger partial charge < -0.3 is 10.1 Å². The zero-order chi connectivity index (χ0) is 21.0. The molecule has 0 saturated carbocycles. The number of alkyl halides is 1. The first-order valence-corrected chi connectivity index (χ1v) is 11.4. The number of nitrogens with one attached hydrogen (secondary N) is 1. The van der Waals surface area contributed by atoms with Gasteiger partial charge in [-0.2, -0.15) is 11.3 Å². The van der Waals surface area contributed by atoms with Gasteiger partial charge in [-0.3, -0.25) is 4.79 Å². The van der Waals surface area contributed by atoms with Crippen molar-refractivity contribution in [1.82, 2.24) is 14.8 Å². The Morgan fingerprint density at radius 1 is 1.21 bits per heavy atom. The van der Waals surface area contributed by atoms with Crippen LogP contribution in [0.4, 0.5) is 10.5 Å². The number of benzene rings is 1. The summed E-state index contributed by atoms with van der Waals surface area (Å²) in [5.74, 6) is 0.0863. The smallest absolute Gasteiger partial charge is 0.422 e. The first-order valence-electron chi connectivity index (χ1n) is 8.62. The van der Waals surface area contributed by atoms with Gasteiger partial charge in [0.25, 0.3) is 0 Å². The Kier molecular flexibility index (Phi) is 6.76. The molecule has 1 atom stereocenters. The highest BCUT2D eigenvalue weighted by Crippen LogP contribution is 2.31. The number of rotatable bonds is 5. The Hall–Kier alpha value is -2.17. The number of anilines is 1. The monoisotopic (exact) mass is 494 g/mol. The highest BCUT2D eigenvalue weighted by Gasteiger charge is 2.28. The van der Waals surface area contributed by atoms with E-state index in [0.717, 1.165) is 17.3 Å². The maximum atomic E-state index is 12.8. The Labute approximate surface area is 185 Å². The highest BCUT2D eigenvalue weighted by molar-refractivity contribution is 9.11. The number of hydrogen-bond acceptors (Lipinski definition) is 7. The number of carbonyl (C=O) groups excluding carboxylic acids is 2. The molecule has 0 saturated heterocycles. The molecule has 29 heavy (non-hydrogen) atoms. The molecule has 2 aromatic heterocycles. The third kappa shape index (κ3) is 5.68. The van der Waals surface area contributed by atoms with Gasteiger partial charge in [-0.05, 0) is 44.4 Å². The van der Waals surface area contributed by atoms with E-state index >= 15 is 0 Å². The van der Waals surface area contributed by atoms with E-state index in [1.165, 1.54) is 15.9 Å². The van der Waals surface area contributed by atoms with Crippen LogP contribution < -0.4 is 5.32 Å². The third-order valence-electron chi connectivity index (χ3n) is 3.45. The fourth-order valence-electron chi connectivity index (χ4n) is 2.26.